The van der Waals surface area contributed by atoms with Gasteiger partial charge in [0.25, 0.3) is 5.91 Å². The average molecular weight is 449 g/mol. The Labute approximate surface area is 190 Å². The summed E-state index contributed by atoms with van der Waals surface area (Å²) in [6.45, 7) is 8.38. The van der Waals surface area contributed by atoms with E-state index in [4.69, 9.17) is 14.6 Å². The maximum atomic E-state index is 11.8. The molecule has 2 heterocycles. The highest BCUT2D eigenvalue weighted by atomic mass is 32.1. The van der Waals surface area contributed by atoms with Crippen LogP contribution in [0.15, 0.2) is 70.1 Å². The molecule has 4 rings (SSSR count). The second-order valence-corrected chi connectivity index (χ2v) is 8.29. The highest BCUT2D eigenvalue weighted by Gasteiger charge is 2.18. The number of ether oxygens (including phenoxy) is 2. The van der Waals surface area contributed by atoms with E-state index in [0.717, 1.165) is 38.7 Å². The number of carbonyl (C=O) groups excluding carboxylic acids is 1. The molecule has 0 saturated heterocycles. The van der Waals surface area contributed by atoms with Gasteiger partial charge in [-0.15, -0.1) is 11.3 Å². The first-order valence-electron chi connectivity index (χ1n) is 10.1. The van der Waals surface area contributed by atoms with E-state index in [1.54, 1.807) is 7.11 Å². The zero-order chi connectivity index (χ0) is 22.7. The van der Waals surface area contributed by atoms with Gasteiger partial charge in [-0.1, -0.05) is 24.3 Å². The molecule has 0 fully saturated rings. The minimum Gasteiger partial charge on any atom is -0.497 e. The second kappa shape index (κ2) is 9.23. The molecule has 8 heteroatoms. The summed E-state index contributed by atoms with van der Waals surface area (Å²) in [6.07, 6.45) is 0. The number of amides is 1. The summed E-state index contributed by atoms with van der Waals surface area (Å²) in [6, 6.07) is 13.5. The van der Waals surface area contributed by atoms with Crippen LogP contribution in [0.4, 0.5) is 5.69 Å². The highest BCUT2D eigenvalue weighted by molar-refractivity contribution is 7.07. The van der Waals surface area contributed by atoms with Gasteiger partial charge in [-0.2, -0.15) is 5.10 Å². The van der Waals surface area contributed by atoms with Crippen molar-refractivity contribution in [2.24, 2.45) is 10.1 Å². The average Bonchev–Trinajstić information content (AvgIpc) is 3.19. The normalized spacial score (nSPS) is 13.9. The molecular weight excluding hydrogens is 424 g/mol. The summed E-state index contributed by atoms with van der Waals surface area (Å²) in [5.41, 5.74) is 5.13. The van der Waals surface area contributed by atoms with Crippen molar-refractivity contribution in [1.82, 2.24) is 4.68 Å². The van der Waals surface area contributed by atoms with Crippen molar-refractivity contribution in [2.45, 2.75) is 13.8 Å². The molecule has 0 atom stereocenters. The Morgan fingerprint density at radius 1 is 1.28 bits per heavy atom. The largest absolute Gasteiger partial charge is 0.497 e. The van der Waals surface area contributed by atoms with E-state index in [1.807, 2.05) is 66.4 Å². The minimum absolute atomic E-state index is 0.0265. The van der Waals surface area contributed by atoms with Crippen molar-refractivity contribution >= 4 is 28.6 Å². The van der Waals surface area contributed by atoms with Crippen molar-refractivity contribution < 1.29 is 14.3 Å². The number of anilines is 1. The van der Waals surface area contributed by atoms with Gasteiger partial charge < -0.3 is 14.8 Å². The van der Waals surface area contributed by atoms with Gasteiger partial charge in [-0.3, -0.25) is 9.79 Å². The number of nitrogens with one attached hydrogen (secondary N) is 1. The second-order valence-electron chi connectivity index (χ2n) is 7.45. The predicted octanol–water partition coefficient (Wildman–Crippen LogP) is 4.31. The third kappa shape index (κ3) is 4.65. The highest BCUT2D eigenvalue weighted by Crippen LogP contribution is 2.33. The molecule has 0 aliphatic carbocycles. The van der Waals surface area contributed by atoms with E-state index < -0.39 is 0 Å². The van der Waals surface area contributed by atoms with E-state index in [2.05, 4.69) is 16.9 Å². The number of aromatic nitrogens is 1. The van der Waals surface area contributed by atoms with E-state index in [0.29, 0.717) is 18.0 Å². The Balaban J connectivity index is 1.82. The molecule has 0 spiro atoms. The van der Waals surface area contributed by atoms with E-state index >= 15 is 0 Å². The zero-order valence-corrected chi connectivity index (χ0v) is 19.0. The molecule has 2 aromatic carbocycles. The standard InChI is InChI=1S/C24H24N4O3S/c1-15(2)12-25-24-28(27-16(3)17-6-5-7-19(10-17)30-4)21(14-32-24)18-8-9-22-20(11-18)26-23(29)13-31-22/h5-11,14H,1,12-13H2,2-4H3,(H,26,29)/b25-24?,27-16+. The number of thiazole rings is 1. The SMILES string of the molecule is C=C(C)CN=c1scc(-c2ccc3c(c2)NC(=O)CO3)n1/N=C(\C)c1cccc(OC)c1. The van der Waals surface area contributed by atoms with Gasteiger partial charge in [0, 0.05) is 16.5 Å². The predicted molar refractivity (Wildman–Crippen MR) is 128 cm³/mol. The van der Waals surface area contributed by atoms with E-state index in [1.165, 1.54) is 11.3 Å². The van der Waals surface area contributed by atoms with Crippen LogP contribution in [0.5, 0.6) is 11.5 Å². The summed E-state index contributed by atoms with van der Waals surface area (Å²) >= 11 is 1.50. The quantitative estimate of drug-likeness (QED) is 0.451. The van der Waals surface area contributed by atoms with Crippen molar-refractivity contribution in [3.8, 4) is 22.8 Å². The molecule has 0 radical (unpaired) electrons. The monoisotopic (exact) mass is 448 g/mol. The van der Waals surface area contributed by atoms with Gasteiger partial charge >= 0.3 is 0 Å². The molecule has 3 aromatic rings. The van der Waals surface area contributed by atoms with Crippen molar-refractivity contribution in [1.29, 1.82) is 0 Å². The fraction of sp³-hybridized carbons (Fsp3) is 0.208. The van der Waals surface area contributed by atoms with Crippen molar-refractivity contribution in [3.63, 3.8) is 0 Å². The molecule has 1 N–H and O–H groups in total. The number of fused-ring (bicyclic) bond motifs is 1. The number of benzene rings is 2. The smallest absolute Gasteiger partial charge is 0.262 e. The number of carbonyl (C=O) groups is 1. The van der Waals surface area contributed by atoms with Gasteiger partial charge in [0.05, 0.1) is 30.7 Å². The summed E-state index contributed by atoms with van der Waals surface area (Å²) in [7, 11) is 1.64. The fourth-order valence-corrected chi connectivity index (χ4v) is 4.03. The Hall–Kier alpha value is -3.65. The molecule has 164 valence electrons. The van der Waals surface area contributed by atoms with Crippen LogP contribution < -0.4 is 19.6 Å². The van der Waals surface area contributed by atoms with Crippen LogP contribution in [0.3, 0.4) is 0 Å². The molecule has 1 amide bonds. The Kier molecular flexibility index (Phi) is 6.23. The molecule has 0 bridgehead atoms. The van der Waals surface area contributed by atoms with E-state index in [9.17, 15) is 4.79 Å². The minimum atomic E-state index is -0.170. The number of hydrogen-bond donors (Lipinski definition) is 1. The topological polar surface area (TPSA) is 77.2 Å². The lowest BCUT2D eigenvalue weighted by molar-refractivity contribution is -0.118. The van der Waals surface area contributed by atoms with Crippen LogP contribution >= 0.6 is 11.3 Å². The lowest BCUT2D eigenvalue weighted by Crippen LogP contribution is -2.25. The molecule has 1 aromatic heterocycles. The molecule has 0 unspecified atom stereocenters. The molecule has 1 aliphatic rings. The molecular formula is C24H24N4O3S. The third-order valence-electron chi connectivity index (χ3n) is 4.82. The molecule has 1 aliphatic heterocycles. The van der Waals surface area contributed by atoms with Gasteiger partial charge in [-0.05, 0) is 44.2 Å². The number of rotatable bonds is 6. The Morgan fingerprint density at radius 2 is 2.12 bits per heavy atom. The summed E-state index contributed by atoms with van der Waals surface area (Å²) in [5.74, 6) is 1.25. The molecule has 0 saturated carbocycles. The summed E-state index contributed by atoms with van der Waals surface area (Å²) in [4.78, 5) is 17.2. The maximum Gasteiger partial charge on any atom is 0.262 e. The Bertz CT molecular complexity index is 1290. The fourth-order valence-electron chi connectivity index (χ4n) is 3.20. The first-order chi connectivity index (χ1) is 15.4. The summed E-state index contributed by atoms with van der Waals surface area (Å²) in [5, 5.41) is 9.76. The molecule has 32 heavy (non-hydrogen) atoms. The van der Waals surface area contributed by atoms with Crippen LogP contribution in [0, 0.1) is 0 Å². The van der Waals surface area contributed by atoms with Crippen LogP contribution in [-0.4, -0.2) is 36.6 Å². The van der Waals surface area contributed by atoms with Crippen LogP contribution in [0.25, 0.3) is 11.3 Å². The van der Waals surface area contributed by atoms with E-state index in [-0.39, 0.29) is 12.5 Å². The van der Waals surface area contributed by atoms with Crippen LogP contribution in [0.2, 0.25) is 0 Å². The van der Waals surface area contributed by atoms with Crippen molar-refractivity contribution in [3.05, 3.63) is 70.4 Å². The van der Waals surface area contributed by atoms with Crippen LogP contribution in [0.1, 0.15) is 19.4 Å². The third-order valence-corrected chi connectivity index (χ3v) is 5.67. The lowest BCUT2D eigenvalue weighted by atomic mass is 10.1. The number of methoxy groups -OCH3 is 1. The van der Waals surface area contributed by atoms with Gasteiger partial charge in [-0.25, -0.2) is 4.68 Å². The Morgan fingerprint density at radius 3 is 2.91 bits per heavy atom. The number of nitrogens with zero attached hydrogens (tertiary/aromatic N) is 3. The van der Waals surface area contributed by atoms with Crippen LogP contribution in [-0.2, 0) is 4.79 Å². The van der Waals surface area contributed by atoms with Crippen molar-refractivity contribution in [2.75, 3.05) is 25.6 Å². The van der Waals surface area contributed by atoms with Gasteiger partial charge in [0.1, 0.15) is 11.5 Å². The summed E-state index contributed by atoms with van der Waals surface area (Å²) < 4.78 is 12.7. The first-order valence-corrected chi connectivity index (χ1v) is 10.9. The maximum absolute atomic E-state index is 11.8. The van der Waals surface area contributed by atoms with Gasteiger partial charge in [0.15, 0.2) is 6.61 Å². The first kappa shape index (κ1) is 21.6. The lowest BCUT2D eigenvalue weighted by Gasteiger charge is -2.18. The molecule has 7 nitrogen and oxygen atoms in total. The number of hydrogen-bond acceptors (Lipinski definition) is 6. The zero-order valence-electron chi connectivity index (χ0n) is 18.2. The van der Waals surface area contributed by atoms with Gasteiger partial charge in [0.2, 0.25) is 4.80 Å².